The Balaban J connectivity index is 2.23. The predicted molar refractivity (Wildman–Crippen MR) is 99.9 cm³/mol. The van der Waals surface area contributed by atoms with E-state index in [4.69, 9.17) is 19.5 Å². The molecule has 0 amide bonds. The van der Waals surface area contributed by atoms with Gasteiger partial charge in [-0.3, -0.25) is 0 Å². The van der Waals surface area contributed by atoms with E-state index >= 15 is 0 Å². The first-order valence-electron chi connectivity index (χ1n) is 7.83. The number of allylic oxidation sites excluding steroid dienone is 1. The molecule has 2 aromatic rings. The van der Waals surface area contributed by atoms with Gasteiger partial charge in [0.05, 0.1) is 20.3 Å². The molecule has 0 saturated carbocycles. The van der Waals surface area contributed by atoms with Crippen LogP contribution in [0.5, 0.6) is 17.2 Å². The summed E-state index contributed by atoms with van der Waals surface area (Å²) in [5, 5.41) is 17.9. The summed E-state index contributed by atoms with van der Waals surface area (Å²) < 4.78 is 15.6. The second kappa shape index (κ2) is 9.45. The molecule has 0 heterocycles. The van der Waals surface area contributed by atoms with Gasteiger partial charge in [0.25, 0.3) is 0 Å². The molecule has 6 nitrogen and oxygen atoms in total. The van der Waals surface area contributed by atoms with E-state index in [1.807, 2.05) is 12.1 Å². The molecular formula is C21H16N2O4. The molecule has 0 aromatic heterocycles. The standard InChI is InChI=1S/C21H16N2O4/c1-25-18-8-5-16(6-9-18)12-17(14-23)21(24)27-19-10-7-15(4-3-11-22)13-20(19)26-2/h3-10,12-13H,1-2H3/b4-3-,17-12+. The molecule has 2 aromatic carbocycles. The van der Waals surface area contributed by atoms with Crippen molar-refractivity contribution in [2.75, 3.05) is 14.2 Å². The predicted octanol–water partition coefficient (Wildman–Crippen LogP) is 3.75. The number of hydrogen-bond acceptors (Lipinski definition) is 6. The van der Waals surface area contributed by atoms with Crippen molar-refractivity contribution in [2.45, 2.75) is 0 Å². The van der Waals surface area contributed by atoms with Crippen LogP contribution in [-0.4, -0.2) is 20.2 Å². The Bertz CT molecular complexity index is 961. The Hall–Kier alpha value is -4.03. The first kappa shape index (κ1) is 19.3. The largest absolute Gasteiger partial charge is 0.497 e. The average Bonchev–Trinajstić information content (AvgIpc) is 2.71. The van der Waals surface area contributed by atoms with E-state index in [0.717, 1.165) is 0 Å². The number of esters is 1. The third kappa shape index (κ3) is 5.22. The van der Waals surface area contributed by atoms with Crippen molar-refractivity contribution < 1.29 is 19.0 Å². The summed E-state index contributed by atoms with van der Waals surface area (Å²) >= 11 is 0. The summed E-state index contributed by atoms with van der Waals surface area (Å²) in [6.07, 6.45) is 4.35. The zero-order chi connectivity index (χ0) is 19.6. The fourth-order valence-corrected chi connectivity index (χ4v) is 2.16. The lowest BCUT2D eigenvalue weighted by Crippen LogP contribution is -2.11. The van der Waals surface area contributed by atoms with Crippen molar-refractivity contribution >= 4 is 18.1 Å². The molecule has 2 rings (SSSR count). The molecule has 0 fully saturated rings. The molecule has 0 aliphatic rings. The second-order valence-corrected chi connectivity index (χ2v) is 5.21. The summed E-state index contributed by atoms with van der Waals surface area (Å²) in [7, 11) is 2.99. The quantitative estimate of drug-likeness (QED) is 0.337. The Labute approximate surface area is 157 Å². The van der Waals surface area contributed by atoms with Crippen LogP contribution in [0.15, 0.2) is 54.1 Å². The minimum absolute atomic E-state index is 0.157. The van der Waals surface area contributed by atoms with Crippen LogP contribution in [0.4, 0.5) is 0 Å². The number of rotatable bonds is 6. The van der Waals surface area contributed by atoms with Gasteiger partial charge in [-0.05, 0) is 47.5 Å². The number of ether oxygens (including phenoxy) is 3. The van der Waals surface area contributed by atoms with Crippen LogP contribution >= 0.6 is 0 Å². The van der Waals surface area contributed by atoms with Gasteiger partial charge in [0.15, 0.2) is 11.5 Å². The summed E-state index contributed by atoms with van der Waals surface area (Å²) in [4.78, 5) is 12.3. The van der Waals surface area contributed by atoms with Gasteiger partial charge in [0.1, 0.15) is 17.4 Å². The highest BCUT2D eigenvalue weighted by Gasteiger charge is 2.15. The zero-order valence-electron chi connectivity index (χ0n) is 14.8. The maximum atomic E-state index is 12.3. The molecule has 134 valence electrons. The zero-order valence-corrected chi connectivity index (χ0v) is 14.8. The highest BCUT2D eigenvalue weighted by molar-refractivity contribution is 5.99. The molecule has 0 saturated heterocycles. The highest BCUT2D eigenvalue weighted by atomic mass is 16.6. The maximum Gasteiger partial charge on any atom is 0.354 e. The van der Waals surface area contributed by atoms with Gasteiger partial charge in [-0.25, -0.2) is 4.79 Å². The van der Waals surface area contributed by atoms with Crippen molar-refractivity contribution in [3.63, 3.8) is 0 Å². The van der Waals surface area contributed by atoms with E-state index in [0.29, 0.717) is 22.6 Å². The van der Waals surface area contributed by atoms with Crippen LogP contribution < -0.4 is 14.2 Å². The topological polar surface area (TPSA) is 92.3 Å². The Kier molecular flexibility index (Phi) is 6.76. The number of nitrogens with zero attached hydrogens (tertiary/aromatic N) is 2. The van der Waals surface area contributed by atoms with Crippen LogP contribution in [0.3, 0.4) is 0 Å². The molecule has 0 aliphatic heterocycles. The maximum absolute atomic E-state index is 12.3. The Morgan fingerprint density at radius 3 is 2.26 bits per heavy atom. The SMILES string of the molecule is COc1ccc(/C=C(\C#N)C(=O)Oc2ccc(/C=C\C#N)cc2OC)cc1. The van der Waals surface area contributed by atoms with Crippen LogP contribution in [0.25, 0.3) is 12.2 Å². The molecule has 0 spiro atoms. The Morgan fingerprint density at radius 2 is 1.67 bits per heavy atom. The molecule has 27 heavy (non-hydrogen) atoms. The van der Waals surface area contributed by atoms with E-state index in [-0.39, 0.29) is 11.3 Å². The van der Waals surface area contributed by atoms with E-state index < -0.39 is 5.97 Å². The second-order valence-electron chi connectivity index (χ2n) is 5.21. The number of carbonyl (C=O) groups excluding carboxylic acids is 1. The first-order valence-corrected chi connectivity index (χ1v) is 7.83. The normalized spacial score (nSPS) is 10.7. The van der Waals surface area contributed by atoms with Crippen LogP contribution in [0.1, 0.15) is 11.1 Å². The summed E-state index contributed by atoms with van der Waals surface area (Å²) in [5.41, 5.74) is 1.21. The van der Waals surface area contributed by atoms with Crippen LogP contribution in [0.2, 0.25) is 0 Å². The first-order chi connectivity index (χ1) is 13.1. The third-order valence-corrected chi connectivity index (χ3v) is 3.51. The lowest BCUT2D eigenvalue weighted by molar-refractivity contribution is -0.129. The molecule has 0 N–H and O–H groups in total. The van der Waals surface area contributed by atoms with Crippen molar-refractivity contribution in [3.05, 3.63) is 65.2 Å². The van der Waals surface area contributed by atoms with Crippen LogP contribution in [-0.2, 0) is 4.79 Å². The van der Waals surface area contributed by atoms with Gasteiger partial charge in [-0.1, -0.05) is 18.2 Å². The number of nitriles is 2. The van der Waals surface area contributed by atoms with Crippen molar-refractivity contribution in [2.24, 2.45) is 0 Å². The fourth-order valence-electron chi connectivity index (χ4n) is 2.16. The number of methoxy groups -OCH3 is 2. The van der Waals surface area contributed by atoms with Gasteiger partial charge in [-0.2, -0.15) is 10.5 Å². The Morgan fingerprint density at radius 1 is 0.963 bits per heavy atom. The third-order valence-electron chi connectivity index (χ3n) is 3.51. The van der Waals surface area contributed by atoms with Gasteiger partial charge in [0.2, 0.25) is 0 Å². The van der Waals surface area contributed by atoms with Gasteiger partial charge < -0.3 is 14.2 Å². The lowest BCUT2D eigenvalue weighted by atomic mass is 10.1. The highest BCUT2D eigenvalue weighted by Crippen LogP contribution is 2.29. The van der Waals surface area contributed by atoms with Gasteiger partial charge in [-0.15, -0.1) is 0 Å². The average molecular weight is 360 g/mol. The van der Waals surface area contributed by atoms with Crippen LogP contribution in [0, 0.1) is 22.7 Å². The molecule has 6 heteroatoms. The summed E-state index contributed by atoms with van der Waals surface area (Å²) in [6, 6.07) is 15.5. The van der Waals surface area contributed by atoms with Crippen molar-refractivity contribution in [1.29, 1.82) is 10.5 Å². The van der Waals surface area contributed by atoms with Gasteiger partial charge in [0, 0.05) is 6.08 Å². The van der Waals surface area contributed by atoms with E-state index in [1.165, 1.54) is 25.3 Å². The minimum atomic E-state index is -0.799. The van der Waals surface area contributed by atoms with Crippen molar-refractivity contribution in [3.8, 4) is 29.4 Å². The monoisotopic (exact) mass is 360 g/mol. The summed E-state index contributed by atoms with van der Waals surface area (Å²) in [5.74, 6) is 0.355. The number of carbonyl (C=O) groups is 1. The van der Waals surface area contributed by atoms with E-state index in [1.54, 1.807) is 49.6 Å². The van der Waals surface area contributed by atoms with E-state index in [2.05, 4.69) is 0 Å². The molecule has 0 radical (unpaired) electrons. The minimum Gasteiger partial charge on any atom is -0.497 e. The molecule has 0 unspecified atom stereocenters. The summed E-state index contributed by atoms with van der Waals surface area (Å²) in [6.45, 7) is 0. The number of hydrogen-bond donors (Lipinski definition) is 0. The van der Waals surface area contributed by atoms with E-state index in [9.17, 15) is 10.1 Å². The van der Waals surface area contributed by atoms with Crippen molar-refractivity contribution in [1.82, 2.24) is 0 Å². The smallest absolute Gasteiger partial charge is 0.354 e. The molecular weight excluding hydrogens is 344 g/mol. The number of benzene rings is 2. The lowest BCUT2D eigenvalue weighted by Gasteiger charge is -2.09. The van der Waals surface area contributed by atoms with Gasteiger partial charge >= 0.3 is 5.97 Å². The molecule has 0 bridgehead atoms. The fraction of sp³-hybridized carbons (Fsp3) is 0.0952. The molecule has 0 atom stereocenters. The molecule has 0 aliphatic carbocycles.